The number of rotatable bonds is 2. The van der Waals surface area contributed by atoms with Gasteiger partial charge in [-0.25, -0.2) is 9.97 Å². The highest BCUT2D eigenvalue weighted by atomic mass is 79.9. The molecule has 0 aliphatic heterocycles. The molecule has 0 atom stereocenters. The van der Waals surface area contributed by atoms with Crippen LogP contribution in [0, 0.1) is 0 Å². The molecule has 0 aliphatic rings. The number of nitrogen functional groups attached to an aromatic ring is 1. The first kappa shape index (κ1) is 8.42. The zero-order valence-corrected chi connectivity index (χ0v) is 7.37. The second kappa shape index (κ2) is 3.64. The Bertz CT molecular complexity index is 254. The van der Waals surface area contributed by atoms with Gasteiger partial charge >= 0.3 is 0 Å². The summed E-state index contributed by atoms with van der Waals surface area (Å²) in [5, 5.41) is 8.56. The first-order valence-electron chi connectivity index (χ1n) is 3.12. The number of hydrogen-bond acceptors (Lipinski definition) is 4. The van der Waals surface area contributed by atoms with E-state index in [-0.39, 0.29) is 6.61 Å². The summed E-state index contributed by atoms with van der Waals surface area (Å²) < 4.78 is 0.541. The quantitative estimate of drug-likeness (QED) is 0.751. The van der Waals surface area contributed by atoms with Crippen LogP contribution in [-0.2, 0) is 6.42 Å². The topological polar surface area (TPSA) is 72.0 Å². The van der Waals surface area contributed by atoms with Crippen molar-refractivity contribution >= 4 is 21.7 Å². The van der Waals surface area contributed by atoms with Gasteiger partial charge in [-0.15, -0.1) is 0 Å². The van der Waals surface area contributed by atoms with Crippen molar-refractivity contribution in [2.24, 2.45) is 0 Å². The molecule has 0 aliphatic carbocycles. The monoisotopic (exact) mass is 217 g/mol. The maximum Gasteiger partial charge on any atom is 0.156 e. The summed E-state index contributed by atoms with van der Waals surface area (Å²) in [5.41, 5.74) is 6.15. The van der Waals surface area contributed by atoms with Gasteiger partial charge in [-0.2, -0.15) is 0 Å². The highest BCUT2D eigenvalue weighted by Crippen LogP contribution is 2.12. The fraction of sp³-hybridized carbons (Fsp3) is 0.333. The molecule has 1 aromatic rings. The minimum atomic E-state index is 0.0652. The summed E-state index contributed by atoms with van der Waals surface area (Å²) in [7, 11) is 0. The maximum absolute atomic E-state index is 8.56. The minimum absolute atomic E-state index is 0.0652. The number of aliphatic hydroxyl groups excluding tert-OH is 1. The average molecular weight is 218 g/mol. The minimum Gasteiger partial charge on any atom is -0.396 e. The van der Waals surface area contributed by atoms with E-state index in [1.807, 2.05) is 0 Å². The van der Waals surface area contributed by atoms with Crippen LogP contribution in [0.25, 0.3) is 0 Å². The molecule has 1 aromatic heterocycles. The Kier molecular flexibility index (Phi) is 2.78. The third-order valence-electron chi connectivity index (χ3n) is 1.17. The van der Waals surface area contributed by atoms with Crippen molar-refractivity contribution in [3.63, 3.8) is 0 Å². The Balaban J connectivity index is 2.86. The van der Waals surface area contributed by atoms with Crippen LogP contribution in [-0.4, -0.2) is 21.7 Å². The normalized spacial score (nSPS) is 10.0. The molecule has 0 saturated carbocycles. The molecule has 0 saturated heterocycles. The van der Waals surface area contributed by atoms with Crippen molar-refractivity contribution in [2.75, 3.05) is 12.3 Å². The molecule has 0 unspecified atom stereocenters. The van der Waals surface area contributed by atoms with Crippen molar-refractivity contribution in [3.05, 3.63) is 16.5 Å². The van der Waals surface area contributed by atoms with E-state index in [1.165, 1.54) is 0 Å². The van der Waals surface area contributed by atoms with Crippen LogP contribution in [0.1, 0.15) is 5.69 Å². The van der Waals surface area contributed by atoms with Gasteiger partial charge in [0.05, 0.1) is 5.69 Å². The van der Waals surface area contributed by atoms with E-state index in [2.05, 4.69) is 25.9 Å². The molecular formula is C6H8BrN3O. The van der Waals surface area contributed by atoms with Crippen LogP contribution in [0.3, 0.4) is 0 Å². The first-order valence-corrected chi connectivity index (χ1v) is 3.91. The smallest absolute Gasteiger partial charge is 0.156 e. The van der Waals surface area contributed by atoms with Gasteiger partial charge < -0.3 is 10.8 Å². The van der Waals surface area contributed by atoms with E-state index in [4.69, 9.17) is 10.8 Å². The molecule has 11 heavy (non-hydrogen) atoms. The number of nitrogens with two attached hydrogens (primary N) is 1. The van der Waals surface area contributed by atoms with Crippen molar-refractivity contribution in [2.45, 2.75) is 6.42 Å². The highest BCUT2D eigenvalue weighted by molar-refractivity contribution is 9.10. The molecule has 1 rings (SSSR count). The predicted molar refractivity (Wildman–Crippen MR) is 44.9 cm³/mol. The fourth-order valence-electron chi connectivity index (χ4n) is 0.662. The molecule has 0 radical (unpaired) electrons. The zero-order chi connectivity index (χ0) is 8.27. The Labute approximate surface area is 72.6 Å². The lowest BCUT2D eigenvalue weighted by molar-refractivity contribution is 0.298. The molecule has 0 amide bonds. The molecule has 0 bridgehead atoms. The summed E-state index contributed by atoms with van der Waals surface area (Å²) in [6.07, 6.45) is 2.07. The van der Waals surface area contributed by atoms with Gasteiger partial charge in [-0.05, 0) is 15.9 Å². The predicted octanol–water partition coefficient (Wildman–Crippen LogP) is 0.356. The number of halogens is 1. The first-order chi connectivity index (χ1) is 5.24. The number of anilines is 1. The van der Waals surface area contributed by atoms with Gasteiger partial charge in [-0.1, -0.05) is 0 Å². The molecule has 60 valence electrons. The molecule has 3 N–H and O–H groups in total. The van der Waals surface area contributed by atoms with Crippen molar-refractivity contribution in [1.29, 1.82) is 0 Å². The lowest BCUT2D eigenvalue weighted by Gasteiger charge is -1.99. The van der Waals surface area contributed by atoms with Crippen molar-refractivity contribution < 1.29 is 5.11 Å². The van der Waals surface area contributed by atoms with Gasteiger partial charge in [0.2, 0.25) is 0 Å². The lowest BCUT2D eigenvalue weighted by Crippen LogP contribution is -2.00. The molecular weight excluding hydrogens is 210 g/mol. The van der Waals surface area contributed by atoms with E-state index in [0.717, 1.165) is 0 Å². The second-order valence-corrected chi connectivity index (χ2v) is 2.76. The van der Waals surface area contributed by atoms with E-state index >= 15 is 0 Å². The van der Waals surface area contributed by atoms with Crippen molar-refractivity contribution in [1.82, 2.24) is 9.97 Å². The Morgan fingerprint density at radius 3 is 2.91 bits per heavy atom. The van der Waals surface area contributed by atoms with Gasteiger partial charge in [0.1, 0.15) is 4.60 Å². The maximum atomic E-state index is 8.56. The van der Waals surface area contributed by atoms with Gasteiger partial charge in [0, 0.05) is 19.2 Å². The van der Waals surface area contributed by atoms with Crippen LogP contribution < -0.4 is 5.73 Å². The van der Waals surface area contributed by atoms with Crippen LogP contribution in [0.4, 0.5) is 5.82 Å². The molecule has 1 heterocycles. The number of hydrogen-bond donors (Lipinski definition) is 2. The van der Waals surface area contributed by atoms with Crippen LogP contribution in [0.5, 0.6) is 0 Å². The highest BCUT2D eigenvalue weighted by Gasteiger charge is 1.99. The fourth-order valence-corrected chi connectivity index (χ4v) is 0.853. The summed E-state index contributed by atoms with van der Waals surface area (Å²) in [6.45, 7) is 0.0652. The molecule has 5 heteroatoms. The number of nitrogens with zero attached hydrogens (tertiary/aromatic N) is 2. The Morgan fingerprint density at radius 2 is 2.36 bits per heavy atom. The number of aromatic nitrogens is 2. The summed E-state index contributed by atoms with van der Waals surface area (Å²) in [5.74, 6) is 0.357. The third-order valence-corrected chi connectivity index (χ3v) is 1.78. The Hall–Kier alpha value is -0.680. The second-order valence-electron chi connectivity index (χ2n) is 2.01. The summed E-state index contributed by atoms with van der Waals surface area (Å²) >= 11 is 3.12. The van der Waals surface area contributed by atoms with E-state index in [0.29, 0.717) is 22.5 Å². The van der Waals surface area contributed by atoms with E-state index < -0.39 is 0 Å². The summed E-state index contributed by atoms with van der Waals surface area (Å²) in [6, 6.07) is 0. The largest absolute Gasteiger partial charge is 0.396 e. The lowest BCUT2D eigenvalue weighted by atomic mass is 10.3. The molecule has 0 aromatic carbocycles. The average Bonchev–Trinajstić information content (AvgIpc) is 1.98. The molecule has 4 nitrogen and oxygen atoms in total. The number of aliphatic hydroxyl groups is 1. The third kappa shape index (κ3) is 2.13. The van der Waals surface area contributed by atoms with Gasteiger partial charge in [0.25, 0.3) is 0 Å². The van der Waals surface area contributed by atoms with Gasteiger partial charge in [0.15, 0.2) is 5.82 Å². The van der Waals surface area contributed by atoms with E-state index in [1.54, 1.807) is 6.20 Å². The van der Waals surface area contributed by atoms with Crippen LogP contribution in [0.2, 0.25) is 0 Å². The SMILES string of the molecule is Nc1nc(CCO)cnc1Br. The van der Waals surface area contributed by atoms with Crippen molar-refractivity contribution in [3.8, 4) is 0 Å². The Morgan fingerprint density at radius 1 is 1.64 bits per heavy atom. The molecule has 0 spiro atoms. The summed E-state index contributed by atoms with van der Waals surface area (Å²) in [4.78, 5) is 7.89. The van der Waals surface area contributed by atoms with Crippen LogP contribution in [0.15, 0.2) is 10.8 Å². The zero-order valence-electron chi connectivity index (χ0n) is 5.79. The van der Waals surface area contributed by atoms with E-state index in [9.17, 15) is 0 Å². The van der Waals surface area contributed by atoms with Crippen LogP contribution >= 0.6 is 15.9 Å². The standard InChI is InChI=1S/C6H8BrN3O/c7-5-6(8)10-4(1-2-11)3-9-5/h3,11H,1-2H2,(H2,8,10). The molecule has 0 fully saturated rings. The van der Waals surface area contributed by atoms with Gasteiger partial charge in [-0.3, -0.25) is 0 Å².